The molecule has 1 aromatic rings. The van der Waals surface area contributed by atoms with Crippen LogP contribution in [0, 0.1) is 5.41 Å². The Morgan fingerprint density at radius 2 is 2.00 bits per heavy atom. The van der Waals surface area contributed by atoms with Crippen molar-refractivity contribution in [3.05, 3.63) is 29.8 Å². The summed E-state index contributed by atoms with van der Waals surface area (Å²) in [4.78, 5) is 12.6. The molecule has 0 aliphatic carbocycles. The molecule has 1 fully saturated rings. The Hall–Kier alpha value is -1.40. The van der Waals surface area contributed by atoms with Crippen LogP contribution < -0.4 is 5.32 Å². The smallest absolute Gasteiger partial charge is 0.226 e. The number of hydrogen-bond acceptors (Lipinski definition) is 4. The van der Waals surface area contributed by atoms with Gasteiger partial charge in [-0.25, -0.2) is 8.42 Å². The maximum absolute atomic E-state index is 12.3. The van der Waals surface area contributed by atoms with Gasteiger partial charge in [0, 0.05) is 26.0 Å². The minimum Gasteiger partial charge on any atom is -0.381 e. The van der Waals surface area contributed by atoms with Gasteiger partial charge in [-0.2, -0.15) is 0 Å². The molecule has 21 heavy (non-hydrogen) atoms. The average Bonchev–Trinajstić information content (AvgIpc) is 2.45. The van der Waals surface area contributed by atoms with E-state index in [1.54, 1.807) is 24.3 Å². The summed E-state index contributed by atoms with van der Waals surface area (Å²) in [6, 6.07) is 6.65. The van der Waals surface area contributed by atoms with E-state index in [1.807, 2.05) is 6.92 Å². The van der Waals surface area contributed by atoms with Crippen LogP contribution in [0.5, 0.6) is 0 Å². The molecule has 1 amide bonds. The number of benzene rings is 1. The van der Waals surface area contributed by atoms with Crippen LogP contribution in [0.1, 0.15) is 25.3 Å². The molecule has 5 nitrogen and oxygen atoms in total. The van der Waals surface area contributed by atoms with Crippen molar-refractivity contribution in [1.29, 1.82) is 0 Å². The first-order valence-electron chi connectivity index (χ1n) is 6.96. The van der Waals surface area contributed by atoms with Gasteiger partial charge in [0.2, 0.25) is 5.91 Å². The fourth-order valence-corrected chi connectivity index (χ4v) is 3.02. The van der Waals surface area contributed by atoms with Crippen LogP contribution in [0.4, 0.5) is 0 Å². The predicted molar refractivity (Wildman–Crippen MR) is 79.6 cm³/mol. The monoisotopic (exact) mass is 311 g/mol. The molecule has 1 aromatic carbocycles. The maximum Gasteiger partial charge on any atom is 0.226 e. The van der Waals surface area contributed by atoms with Crippen LogP contribution in [0.2, 0.25) is 0 Å². The van der Waals surface area contributed by atoms with E-state index in [1.165, 1.54) is 6.26 Å². The van der Waals surface area contributed by atoms with Crippen molar-refractivity contribution in [3.63, 3.8) is 0 Å². The third kappa shape index (κ3) is 4.04. The van der Waals surface area contributed by atoms with Crippen molar-refractivity contribution in [2.45, 2.75) is 31.2 Å². The number of nitrogens with one attached hydrogen (secondary N) is 1. The third-order valence-electron chi connectivity index (χ3n) is 3.92. The lowest BCUT2D eigenvalue weighted by Crippen LogP contribution is -2.42. The topological polar surface area (TPSA) is 72.5 Å². The molecule has 0 bridgehead atoms. The average molecular weight is 311 g/mol. The predicted octanol–water partition coefficient (Wildman–Crippen LogP) is 1.52. The molecule has 0 atom stereocenters. The molecule has 1 heterocycles. The number of rotatable bonds is 4. The Morgan fingerprint density at radius 1 is 1.33 bits per heavy atom. The second-order valence-corrected chi connectivity index (χ2v) is 7.79. The minimum absolute atomic E-state index is 0.00411. The van der Waals surface area contributed by atoms with Gasteiger partial charge in [0.1, 0.15) is 0 Å². The normalized spacial score (nSPS) is 18.2. The van der Waals surface area contributed by atoms with Gasteiger partial charge in [-0.15, -0.1) is 0 Å². The second-order valence-electron chi connectivity index (χ2n) is 5.78. The summed E-state index contributed by atoms with van der Waals surface area (Å²) in [6.45, 7) is 3.48. The van der Waals surface area contributed by atoms with E-state index < -0.39 is 15.3 Å². The van der Waals surface area contributed by atoms with Gasteiger partial charge >= 0.3 is 0 Å². The summed E-state index contributed by atoms with van der Waals surface area (Å²) in [5, 5.41) is 2.90. The highest BCUT2D eigenvalue weighted by Gasteiger charge is 2.34. The Kier molecular flexibility index (Phi) is 4.68. The van der Waals surface area contributed by atoms with E-state index in [9.17, 15) is 13.2 Å². The Bertz CT molecular complexity index is 618. The van der Waals surface area contributed by atoms with Crippen molar-refractivity contribution in [3.8, 4) is 0 Å². The molecule has 1 N–H and O–H groups in total. The van der Waals surface area contributed by atoms with Crippen LogP contribution in [0.15, 0.2) is 29.2 Å². The first-order chi connectivity index (χ1) is 9.81. The largest absolute Gasteiger partial charge is 0.381 e. The van der Waals surface area contributed by atoms with E-state index >= 15 is 0 Å². The number of carbonyl (C=O) groups excluding carboxylic acids is 1. The quantitative estimate of drug-likeness (QED) is 0.915. The molecule has 1 aliphatic rings. The number of ether oxygens (including phenoxy) is 1. The standard InChI is InChI=1S/C15H21NO4S/c1-15(6-8-20-9-7-15)14(17)16-11-12-4-3-5-13(10-12)21(2,18)19/h3-5,10H,6-9,11H2,1-2H3,(H,16,17). The van der Waals surface area contributed by atoms with Crippen LogP contribution >= 0.6 is 0 Å². The minimum atomic E-state index is -3.23. The van der Waals surface area contributed by atoms with Crippen molar-refractivity contribution in [2.24, 2.45) is 5.41 Å². The Balaban J connectivity index is 2.01. The Morgan fingerprint density at radius 3 is 2.62 bits per heavy atom. The highest BCUT2D eigenvalue weighted by atomic mass is 32.2. The van der Waals surface area contributed by atoms with Crippen molar-refractivity contribution >= 4 is 15.7 Å². The number of carbonyl (C=O) groups is 1. The number of hydrogen-bond donors (Lipinski definition) is 1. The molecule has 0 spiro atoms. The van der Waals surface area contributed by atoms with E-state index in [0.717, 1.165) is 5.56 Å². The molecule has 0 saturated carbocycles. The summed E-state index contributed by atoms with van der Waals surface area (Å²) >= 11 is 0. The first-order valence-corrected chi connectivity index (χ1v) is 8.85. The zero-order valence-electron chi connectivity index (χ0n) is 12.4. The van der Waals surface area contributed by atoms with Crippen LogP contribution in [-0.2, 0) is 25.9 Å². The molecule has 1 saturated heterocycles. The van der Waals surface area contributed by atoms with Gasteiger partial charge in [0.25, 0.3) is 0 Å². The summed E-state index contributed by atoms with van der Waals surface area (Å²) in [5.74, 6) is -0.00411. The van der Waals surface area contributed by atoms with Crippen molar-refractivity contribution < 1.29 is 17.9 Å². The van der Waals surface area contributed by atoms with E-state index in [-0.39, 0.29) is 10.8 Å². The lowest BCUT2D eigenvalue weighted by Gasteiger charge is -2.32. The van der Waals surface area contributed by atoms with Gasteiger partial charge < -0.3 is 10.1 Å². The zero-order chi connectivity index (χ0) is 15.5. The number of sulfone groups is 1. The summed E-state index contributed by atoms with van der Waals surface area (Å²) < 4.78 is 28.3. The number of amides is 1. The molecule has 2 rings (SSSR count). The highest BCUT2D eigenvalue weighted by Crippen LogP contribution is 2.29. The second kappa shape index (κ2) is 6.15. The summed E-state index contributed by atoms with van der Waals surface area (Å²) in [6.07, 6.45) is 2.60. The molecular formula is C15H21NO4S. The molecule has 116 valence electrons. The molecule has 0 aromatic heterocycles. The van der Waals surface area contributed by atoms with Crippen LogP contribution in [-0.4, -0.2) is 33.8 Å². The van der Waals surface area contributed by atoms with Gasteiger partial charge in [-0.1, -0.05) is 19.1 Å². The van der Waals surface area contributed by atoms with E-state index in [0.29, 0.717) is 32.6 Å². The third-order valence-corrected chi connectivity index (χ3v) is 5.03. The molecule has 0 unspecified atom stereocenters. The highest BCUT2D eigenvalue weighted by molar-refractivity contribution is 7.90. The van der Waals surface area contributed by atoms with Crippen molar-refractivity contribution in [2.75, 3.05) is 19.5 Å². The van der Waals surface area contributed by atoms with E-state index in [2.05, 4.69) is 5.32 Å². The first kappa shape index (κ1) is 16.0. The maximum atomic E-state index is 12.3. The molecule has 1 aliphatic heterocycles. The summed E-state index contributed by atoms with van der Waals surface area (Å²) in [7, 11) is -3.23. The zero-order valence-corrected chi connectivity index (χ0v) is 13.2. The van der Waals surface area contributed by atoms with Crippen LogP contribution in [0.25, 0.3) is 0 Å². The van der Waals surface area contributed by atoms with Gasteiger partial charge in [-0.05, 0) is 30.5 Å². The van der Waals surface area contributed by atoms with Crippen molar-refractivity contribution in [1.82, 2.24) is 5.32 Å². The molecule has 6 heteroatoms. The Labute approximate surface area is 125 Å². The summed E-state index contributed by atoms with van der Waals surface area (Å²) in [5.41, 5.74) is 0.383. The van der Waals surface area contributed by atoms with Gasteiger partial charge in [0.05, 0.1) is 10.3 Å². The fraction of sp³-hybridized carbons (Fsp3) is 0.533. The SMILES string of the molecule is CC1(C(=O)NCc2cccc(S(C)(=O)=O)c2)CCOCC1. The van der Waals surface area contributed by atoms with Gasteiger partial charge in [-0.3, -0.25) is 4.79 Å². The molecule has 0 radical (unpaired) electrons. The van der Waals surface area contributed by atoms with E-state index in [4.69, 9.17) is 4.74 Å². The lowest BCUT2D eigenvalue weighted by atomic mass is 9.81. The fourth-order valence-electron chi connectivity index (χ4n) is 2.33. The lowest BCUT2D eigenvalue weighted by molar-refractivity contribution is -0.135. The van der Waals surface area contributed by atoms with Crippen LogP contribution in [0.3, 0.4) is 0 Å². The van der Waals surface area contributed by atoms with Gasteiger partial charge in [0.15, 0.2) is 9.84 Å². The molecular weight excluding hydrogens is 290 g/mol.